The summed E-state index contributed by atoms with van der Waals surface area (Å²) in [5.41, 5.74) is 8.13. The third kappa shape index (κ3) is 5.60. The predicted octanol–water partition coefficient (Wildman–Crippen LogP) is 4.97. The predicted molar refractivity (Wildman–Crippen MR) is 141 cm³/mol. The number of carbonyl (C=O) groups is 3. The Morgan fingerprint density at radius 3 is 2.29 bits per heavy atom. The Morgan fingerprint density at radius 1 is 0.829 bits per heavy atom. The first kappa shape index (κ1) is 24.2. The number of amides is 3. The maximum atomic E-state index is 13.2. The Balaban J connectivity index is 1.56. The zero-order valence-electron chi connectivity index (χ0n) is 19.6. The van der Waals surface area contributed by atoms with Gasteiger partial charge in [0.1, 0.15) is 5.69 Å². The fourth-order valence-corrected chi connectivity index (χ4v) is 3.99. The van der Waals surface area contributed by atoms with Gasteiger partial charge < -0.3 is 10.6 Å². The smallest absolute Gasteiger partial charge is 0.328 e. The van der Waals surface area contributed by atoms with E-state index in [0.717, 1.165) is 32.1 Å². The van der Waals surface area contributed by atoms with Gasteiger partial charge in [-0.1, -0.05) is 51.8 Å². The van der Waals surface area contributed by atoms with E-state index in [1.54, 1.807) is 18.2 Å². The van der Waals surface area contributed by atoms with Crippen molar-refractivity contribution in [1.82, 2.24) is 9.99 Å². The number of hydrogen-bond donors (Lipinski definition) is 3. The summed E-state index contributed by atoms with van der Waals surface area (Å²) < 4.78 is 2.16. The van der Waals surface area contributed by atoms with Crippen LogP contribution in [0.1, 0.15) is 32.7 Å². The van der Waals surface area contributed by atoms with Gasteiger partial charge in [0, 0.05) is 22.1 Å². The number of aromatic nitrogens is 1. The number of halogens is 1. The summed E-state index contributed by atoms with van der Waals surface area (Å²) in [6.45, 7) is 6.15. The van der Waals surface area contributed by atoms with Crippen LogP contribution in [-0.2, 0) is 16.1 Å². The van der Waals surface area contributed by atoms with E-state index in [2.05, 4.69) is 32.0 Å². The molecule has 3 aromatic carbocycles. The van der Waals surface area contributed by atoms with Crippen molar-refractivity contribution >= 4 is 50.2 Å². The van der Waals surface area contributed by atoms with Crippen LogP contribution in [0.5, 0.6) is 0 Å². The molecular weight excluding hydrogens is 508 g/mol. The standard InChI is InChI=1S/C27H25BrN4O3/c1-16-4-7-19(8-5-16)15-29-26(34)27(35)31-32-23-11-9-21(28)13-20(23)14-24(32)25(33)30-22-10-6-17(2)18(3)12-22/h4-14H,15H2,1-3H3,(H,29,34)(H,30,33)(H,31,35). The summed E-state index contributed by atoms with van der Waals surface area (Å²) in [6, 6.07) is 20.3. The van der Waals surface area contributed by atoms with E-state index in [9.17, 15) is 14.4 Å². The van der Waals surface area contributed by atoms with Crippen molar-refractivity contribution in [3.8, 4) is 0 Å². The number of nitrogens with zero attached hydrogens (tertiary/aromatic N) is 1. The van der Waals surface area contributed by atoms with Gasteiger partial charge in [-0.3, -0.25) is 19.8 Å². The first-order chi connectivity index (χ1) is 16.7. The number of carbonyl (C=O) groups excluding carboxylic acids is 3. The topological polar surface area (TPSA) is 92.2 Å². The van der Waals surface area contributed by atoms with Crippen LogP contribution in [0.2, 0.25) is 0 Å². The second-order valence-electron chi connectivity index (χ2n) is 8.43. The Kier molecular flexibility index (Phi) is 7.02. The molecular formula is C27H25BrN4O3. The average Bonchev–Trinajstić information content (AvgIpc) is 3.18. The molecule has 3 amide bonds. The fourth-order valence-electron chi connectivity index (χ4n) is 3.61. The zero-order valence-corrected chi connectivity index (χ0v) is 21.2. The van der Waals surface area contributed by atoms with Crippen LogP contribution in [0.4, 0.5) is 5.69 Å². The molecule has 0 saturated carbocycles. The summed E-state index contributed by atoms with van der Waals surface area (Å²) in [5, 5.41) is 6.21. The quantitative estimate of drug-likeness (QED) is 0.317. The van der Waals surface area contributed by atoms with Crippen molar-refractivity contribution < 1.29 is 14.4 Å². The van der Waals surface area contributed by atoms with E-state index in [1.165, 1.54) is 4.68 Å². The highest BCUT2D eigenvalue weighted by Gasteiger charge is 2.21. The normalized spacial score (nSPS) is 10.7. The first-order valence-corrected chi connectivity index (χ1v) is 11.8. The number of nitrogens with one attached hydrogen (secondary N) is 3. The highest BCUT2D eigenvalue weighted by Crippen LogP contribution is 2.24. The first-order valence-electron chi connectivity index (χ1n) is 11.1. The van der Waals surface area contributed by atoms with Gasteiger partial charge >= 0.3 is 11.8 Å². The zero-order chi connectivity index (χ0) is 25.1. The number of anilines is 1. The minimum atomic E-state index is -0.877. The van der Waals surface area contributed by atoms with Crippen LogP contribution in [0.15, 0.2) is 71.2 Å². The van der Waals surface area contributed by atoms with E-state index in [1.807, 2.05) is 69.3 Å². The van der Waals surface area contributed by atoms with Crippen LogP contribution >= 0.6 is 15.9 Å². The molecule has 0 atom stereocenters. The van der Waals surface area contributed by atoms with Gasteiger partial charge in [0.2, 0.25) is 0 Å². The van der Waals surface area contributed by atoms with Gasteiger partial charge in [-0.05, 0) is 73.9 Å². The monoisotopic (exact) mass is 532 g/mol. The summed E-state index contributed by atoms with van der Waals surface area (Å²) in [6.07, 6.45) is 0. The molecule has 0 fully saturated rings. The van der Waals surface area contributed by atoms with Crippen LogP contribution in [-0.4, -0.2) is 22.4 Å². The van der Waals surface area contributed by atoms with Gasteiger partial charge in [0.25, 0.3) is 5.91 Å². The van der Waals surface area contributed by atoms with Crippen LogP contribution < -0.4 is 16.1 Å². The molecule has 4 rings (SSSR count). The van der Waals surface area contributed by atoms with Crippen LogP contribution in [0.25, 0.3) is 10.9 Å². The molecule has 0 aliphatic heterocycles. The lowest BCUT2D eigenvalue weighted by atomic mass is 10.1. The minimum absolute atomic E-state index is 0.191. The minimum Gasteiger partial charge on any atom is -0.344 e. The molecule has 35 heavy (non-hydrogen) atoms. The Labute approximate surface area is 211 Å². The lowest BCUT2D eigenvalue weighted by Gasteiger charge is -2.13. The Morgan fingerprint density at radius 2 is 1.57 bits per heavy atom. The maximum Gasteiger partial charge on any atom is 0.328 e. The van der Waals surface area contributed by atoms with E-state index >= 15 is 0 Å². The van der Waals surface area contributed by atoms with Crippen molar-refractivity contribution in [2.24, 2.45) is 0 Å². The summed E-state index contributed by atoms with van der Waals surface area (Å²) in [4.78, 5) is 38.4. The van der Waals surface area contributed by atoms with Crippen LogP contribution in [0, 0.1) is 20.8 Å². The lowest BCUT2D eigenvalue weighted by Crippen LogP contribution is -2.39. The SMILES string of the molecule is Cc1ccc(CNC(=O)C(=O)Nn2c(C(=O)Nc3ccc(C)c(C)c3)cc3cc(Br)ccc32)cc1. The largest absolute Gasteiger partial charge is 0.344 e. The second-order valence-corrected chi connectivity index (χ2v) is 9.35. The molecule has 7 nitrogen and oxygen atoms in total. The average molecular weight is 533 g/mol. The number of benzene rings is 3. The molecule has 1 aromatic heterocycles. The molecule has 0 spiro atoms. The van der Waals surface area contributed by atoms with E-state index in [4.69, 9.17) is 0 Å². The lowest BCUT2D eigenvalue weighted by molar-refractivity contribution is -0.136. The number of rotatable bonds is 5. The van der Waals surface area contributed by atoms with Crippen molar-refractivity contribution in [1.29, 1.82) is 0 Å². The van der Waals surface area contributed by atoms with Crippen molar-refractivity contribution in [2.45, 2.75) is 27.3 Å². The van der Waals surface area contributed by atoms with Gasteiger partial charge in [-0.15, -0.1) is 0 Å². The Bertz CT molecular complexity index is 1440. The third-order valence-electron chi connectivity index (χ3n) is 5.75. The molecule has 178 valence electrons. The number of hydrogen-bond acceptors (Lipinski definition) is 3. The highest BCUT2D eigenvalue weighted by molar-refractivity contribution is 9.10. The maximum absolute atomic E-state index is 13.2. The molecule has 0 bridgehead atoms. The molecule has 0 saturated heterocycles. The third-order valence-corrected chi connectivity index (χ3v) is 6.25. The van der Waals surface area contributed by atoms with Crippen molar-refractivity contribution in [2.75, 3.05) is 10.7 Å². The van der Waals surface area contributed by atoms with Gasteiger partial charge in [0.15, 0.2) is 0 Å². The molecule has 0 radical (unpaired) electrons. The Hall–Kier alpha value is -3.91. The molecule has 1 heterocycles. The summed E-state index contributed by atoms with van der Waals surface area (Å²) in [7, 11) is 0. The van der Waals surface area contributed by atoms with E-state index in [-0.39, 0.29) is 12.2 Å². The summed E-state index contributed by atoms with van der Waals surface area (Å²) >= 11 is 3.43. The van der Waals surface area contributed by atoms with E-state index < -0.39 is 17.7 Å². The van der Waals surface area contributed by atoms with Gasteiger partial charge in [0.05, 0.1) is 5.52 Å². The number of aryl methyl sites for hydroxylation is 3. The van der Waals surface area contributed by atoms with Gasteiger partial charge in [-0.2, -0.15) is 0 Å². The molecule has 0 unspecified atom stereocenters. The van der Waals surface area contributed by atoms with Gasteiger partial charge in [-0.25, -0.2) is 4.68 Å². The second kappa shape index (κ2) is 10.1. The van der Waals surface area contributed by atoms with Crippen molar-refractivity contribution in [3.63, 3.8) is 0 Å². The molecule has 8 heteroatoms. The van der Waals surface area contributed by atoms with E-state index in [0.29, 0.717) is 11.2 Å². The highest BCUT2D eigenvalue weighted by atomic mass is 79.9. The molecule has 0 aliphatic carbocycles. The number of fused-ring (bicyclic) bond motifs is 1. The van der Waals surface area contributed by atoms with Crippen LogP contribution in [0.3, 0.4) is 0 Å². The molecule has 0 aliphatic rings. The van der Waals surface area contributed by atoms with Crippen molar-refractivity contribution in [3.05, 3.63) is 99.2 Å². The fraction of sp³-hybridized carbons (Fsp3) is 0.148. The molecule has 4 aromatic rings. The summed E-state index contributed by atoms with van der Waals surface area (Å²) in [5.74, 6) is -2.09. The molecule has 3 N–H and O–H groups in total.